The van der Waals surface area contributed by atoms with Gasteiger partial charge in [-0.3, -0.25) is 0 Å². The van der Waals surface area contributed by atoms with Gasteiger partial charge < -0.3 is 5.73 Å². The molecule has 0 saturated heterocycles. The molecule has 2 N–H and O–H groups in total. The summed E-state index contributed by atoms with van der Waals surface area (Å²) in [6.45, 7) is 0. The molecule has 3 aliphatic carbocycles. The number of hydrogen-bond acceptors (Lipinski definition) is 1. The van der Waals surface area contributed by atoms with Crippen molar-refractivity contribution >= 4 is 0 Å². The Labute approximate surface area is 81.1 Å². The summed E-state index contributed by atoms with van der Waals surface area (Å²) in [4.78, 5) is 0. The molecule has 74 valence electrons. The van der Waals surface area contributed by atoms with Crippen LogP contribution in [0.3, 0.4) is 0 Å². The monoisotopic (exact) mass is 179 g/mol. The summed E-state index contributed by atoms with van der Waals surface area (Å²) in [6.07, 6.45) is 10.2. The lowest BCUT2D eigenvalue weighted by molar-refractivity contribution is 0.260. The van der Waals surface area contributed by atoms with Crippen LogP contribution in [0.1, 0.15) is 44.9 Å². The maximum Gasteiger partial charge on any atom is 0.00753 e. The van der Waals surface area contributed by atoms with Gasteiger partial charge in [0, 0.05) is 6.04 Å². The van der Waals surface area contributed by atoms with E-state index in [2.05, 4.69) is 0 Å². The first-order valence-electron chi connectivity index (χ1n) is 6.12. The highest BCUT2D eigenvalue weighted by molar-refractivity contribution is 5.05. The molecule has 1 heteroatoms. The molecular formula is C12H21N. The number of nitrogens with two attached hydrogens (primary N) is 1. The van der Waals surface area contributed by atoms with Gasteiger partial charge in [-0.25, -0.2) is 0 Å². The van der Waals surface area contributed by atoms with Crippen LogP contribution in [0.25, 0.3) is 0 Å². The second kappa shape index (κ2) is 2.98. The average molecular weight is 179 g/mol. The summed E-state index contributed by atoms with van der Waals surface area (Å²) in [7, 11) is 0. The molecule has 0 aromatic rings. The fourth-order valence-electron chi connectivity index (χ4n) is 3.78. The topological polar surface area (TPSA) is 26.0 Å². The zero-order valence-electron chi connectivity index (χ0n) is 8.41. The van der Waals surface area contributed by atoms with Gasteiger partial charge in [-0.1, -0.05) is 25.7 Å². The van der Waals surface area contributed by atoms with E-state index in [-0.39, 0.29) is 0 Å². The molecule has 0 aliphatic heterocycles. The van der Waals surface area contributed by atoms with Crippen molar-refractivity contribution in [1.29, 1.82) is 0 Å². The lowest BCUT2D eigenvalue weighted by atomic mass is 9.79. The summed E-state index contributed by atoms with van der Waals surface area (Å²) < 4.78 is 0. The van der Waals surface area contributed by atoms with Crippen molar-refractivity contribution in [3.05, 3.63) is 0 Å². The Balaban J connectivity index is 1.49. The van der Waals surface area contributed by atoms with Crippen molar-refractivity contribution in [2.45, 2.75) is 51.0 Å². The summed E-state index contributed by atoms with van der Waals surface area (Å²) in [5.41, 5.74) is 6.28. The molecule has 3 rings (SSSR count). The maximum atomic E-state index is 6.28. The molecule has 3 atom stereocenters. The Morgan fingerprint density at radius 1 is 1.00 bits per heavy atom. The SMILES string of the molecule is NC(CC1CCC1)C1C2CCCC21. The minimum absolute atomic E-state index is 0.570. The molecular weight excluding hydrogens is 158 g/mol. The van der Waals surface area contributed by atoms with Crippen LogP contribution in [0.5, 0.6) is 0 Å². The number of fused-ring (bicyclic) bond motifs is 1. The maximum absolute atomic E-state index is 6.28. The van der Waals surface area contributed by atoms with Crippen molar-refractivity contribution in [1.82, 2.24) is 0 Å². The second-order valence-electron chi connectivity index (χ2n) is 5.53. The molecule has 0 heterocycles. The molecule has 3 fully saturated rings. The Morgan fingerprint density at radius 2 is 1.62 bits per heavy atom. The van der Waals surface area contributed by atoms with Crippen LogP contribution >= 0.6 is 0 Å². The summed E-state index contributed by atoms with van der Waals surface area (Å²) in [5, 5.41) is 0. The van der Waals surface area contributed by atoms with Crippen LogP contribution in [0.4, 0.5) is 0 Å². The van der Waals surface area contributed by atoms with Gasteiger partial charge in [0.15, 0.2) is 0 Å². The van der Waals surface area contributed by atoms with Gasteiger partial charge in [0.1, 0.15) is 0 Å². The Hall–Kier alpha value is -0.0400. The van der Waals surface area contributed by atoms with Crippen molar-refractivity contribution in [3.63, 3.8) is 0 Å². The van der Waals surface area contributed by atoms with E-state index in [1.165, 1.54) is 44.9 Å². The van der Waals surface area contributed by atoms with Crippen LogP contribution < -0.4 is 5.73 Å². The third kappa shape index (κ3) is 1.32. The van der Waals surface area contributed by atoms with Crippen LogP contribution in [0, 0.1) is 23.7 Å². The van der Waals surface area contributed by atoms with Gasteiger partial charge in [-0.05, 0) is 42.9 Å². The van der Waals surface area contributed by atoms with Gasteiger partial charge >= 0.3 is 0 Å². The van der Waals surface area contributed by atoms with Gasteiger partial charge in [0.25, 0.3) is 0 Å². The van der Waals surface area contributed by atoms with E-state index in [4.69, 9.17) is 5.73 Å². The van der Waals surface area contributed by atoms with E-state index in [0.29, 0.717) is 6.04 Å². The molecule has 3 unspecified atom stereocenters. The molecule has 0 aromatic carbocycles. The van der Waals surface area contributed by atoms with E-state index in [1.807, 2.05) is 0 Å². The molecule has 0 aromatic heterocycles. The summed E-state index contributed by atoms with van der Waals surface area (Å²) in [5.74, 6) is 4.09. The van der Waals surface area contributed by atoms with Gasteiger partial charge in [0.2, 0.25) is 0 Å². The highest BCUT2D eigenvalue weighted by atomic mass is 14.7. The zero-order chi connectivity index (χ0) is 8.84. The van der Waals surface area contributed by atoms with E-state index < -0.39 is 0 Å². The largest absolute Gasteiger partial charge is 0.327 e. The third-order valence-electron chi connectivity index (χ3n) is 4.80. The molecule has 1 nitrogen and oxygen atoms in total. The third-order valence-corrected chi connectivity index (χ3v) is 4.80. The first-order valence-corrected chi connectivity index (χ1v) is 6.12. The summed E-state index contributed by atoms with van der Waals surface area (Å²) >= 11 is 0. The minimum Gasteiger partial charge on any atom is -0.327 e. The molecule has 0 radical (unpaired) electrons. The smallest absolute Gasteiger partial charge is 0.00753 e. The minimum atomic E-state index is 0.570. The molecule has 0 bridgehead atoms. The first kappa shape index (κ1) is 8.28. The van der Waals surface area contributed by atoms with Crippen molar-refractivity contribution in [3.8, 4) is 0 Å². The fourth-order valence-corrected chi connectivity index (χ4v) is 3.78. The van der Waals surface area contributed by atoms with Crippen LogP contribution in [-0.4, -0.2) is 6.04 Å². The fraction of sp³-hybridized carbons (Fsp3) is 1.00. The van der Waals surface area contributed by atoms with Gasteiger partial charge in [0.05, 0.1) is 0 Å². The summed E-state index contributed by atoms with van der Waals surface area (Å²) in [6, 6.07) is 0.570. The molecule has 0 spiro atoms. The zero-order valence-corrected chi connectivity index (χ0v) is 8.41. The number of hydrogen-bond donors (Lipinski definition) is 1. The van der Waals surface area contributed by atoms with Crippen LogP contribution in [0.15, 0.2) is 0 Å². The molecule has 13 heavy (non-hydrogen) atoms. The van der Waals surface area contributed by atoms with Crippen LogP contribution in [0.2, 0.25) is 0 Å². The molecule has 0 amide bonds. The lowest BCUT2D eigenvalue weighted by Crippen LogP contribution is -2.30. The molecule has 3 saturated carbocycles. The van der Waals surface area contributed by atoms with E-state index in [0.717, 1.165) is 23.7 Å². The van der Waals surface area contributed by atoms with Crippen LogP contribution in [-0.2, 0) is 0 Å². The Bertz CT molecular complexity index is 187. The average Bonchev–Trinajstić information content (AvgIpc) is 2.53. The lowest BCUT2D eigenvalue weighted by Gasteiger charge is -2.28. The Morgan fingerprint density at radius 3 is 2.15 bits per heavy atom. The molecule has 3 aliphatic rings. The van der Waals surface area contributed by atoms with E-state index >= 15 is 0 Å². The Kier molecular flexibility index (Phi) is 1.90. The van der Waals surface area contributed by atoms with Gasteiger partial charge in [-0.15, -0.1) is 0 Å². The standard InChI is InChI=1S/C12H21N/c13-11(7-8-3-1-4-8)12-9-5-2-6-10(9)12/h8-12H,1-7,13H2. The normalized spacial score (nSPS) is 45.5. The van der Waals surface area contributed by atoms with E-state index in [9.17, 15) is 0 Å². The van der Waals surface area contributed by atoms with Crippen molar-refractivity contribution in [2.24, 2.45) is 29.4 Å². The predicted octanol–water partition coefficient (Wildman–Crippen LogP) is 2.55. The number of rotatable bonds is 3. The highest BCUT2D eigenvalue weighted by Gasteiger charge is 2.54. The highest BCUT2D eigenvalue weighted by Crippen LogP contribution is 2.59. The van der Waals surface area contributed by atoms with Crippen molar-refractivity contribution < 1.29 is 0 Å². The van der Waals surface area contributed by atoms with E-state index in [1.54, 1.807) is 0 Å². The second-order valence-corrected chi connectivity index (χ2v) is 5.53. The predicted molar refractivity (Wildman–Crippen MR) is 54.3 cm³/mol. The first-order chi connectivity index (χ1) is 6.36. The van der Waals surface area contributed by atoms with Crippen molar-refractivity contribution in [2.75, 3.05) is 0 Å². The van der Waals surface area contributed by atoms with Gasteiger partial charge in [-0.2, -0.15) is 0 Å². The quantitative estimate of drug-likeness (QED) is 0.708.